The molecular formula is C12H17ClN2O2. The molecule has 0 N–H and O–H groups in total. The van der Waals surface area contributed by atoms with Crippen LogP contribution in [0.3, 0.4) is 0 Å². The summed E-state index contributed by atoms with van der Waals surface area (Å²) in [5.74, 6) is 0.688. The molecule has 0 spiro atoms. The largest absolute Gasteiger partial charge is 0.381 e. The Kier molecular flexibility index (Phi) is 3.97. The molecule has 1 saturated heterocycles. The van der Waals surface area contributed by atoms with Gasteiger partial charge in [-0.3, -0.25) is 0 Å². The van der Waals surface area contributed by atoms with Crippen LogP contribution in [0.1, 0.15) is 31.3 Å². The Morgan fingerprint density at radius 3 is 2.71 bits per heavy atom. The molecule has 0 unspecified atom stereocenters. The summed E-state index contributed by atoms with van der Waals surface area (Å²) < 4.78 is 11.3. The van der Waals surface area contributed by atoms with Crippen LogP contribution >= 0.6 is 11.6 Å². The third-order valence-corrected chi connectivity index (χ3v) is 3.15. The molecule has 0 amide bonds. The summed E-state index contributed by atoms with van der Waals surface area (Å²) in [4.78, 5) is 8.79. The van der Waals surface area contributed by atoms with Crippen LogP contribution in [0, 0.1) is 6.92 Å². The maximum atomic E-state index is 5.99. The first kappa shape index (κ1) is 12.7. The van der Waals surface area contributed by atoms with Crippen molar-refractivity contribution in [3.63, 3.8) is 0 Å². The number of aromatic nitrogens is 2. The second kappa shape index (κ2) is 5.29. The highest BCUT2D eigenvalue weighted by Crippen LogP contribution is 2.34. The number of rotatable bonds is 3. The minimum Gasteiger partial charge on any atom is -0.381 e. The third kappa shape index (κ3) is 2.76. The van der Waals surface area contributed by atoms with Crippen molar-refractivity contribution >= 4 is 11.6 Å². The smallest absolute Gasteiger partial charge is 0.162 e. The zero-order valence-corrected chi connectivity index (χ0v) is 11.0. The number of ether oxygens (including phenoxy) is 2. The van der Waals surface area contributed by atoms with Gasteiger partial charge < -0.3 is 9.47 Å². The lowest BCUT2D eigenvalue weighted by Gasteiger charge is -2.35. The average molecular weight is 257 g/mol. The maximum Gasteiger partial charge on any atom is 0.162 e. The molecule has 0 aliphatic carbocycles. The molecule has 1 aliphatic rings. The van der Waals surface area contributed by atoms with E-state index in [1.807, 2.05) is 13.8 Å². The van der Waals surface area contributed by atoms with Gasteiger partial charge in [0.15, 0.2) is 5.82 Å². The fraction of sp³-hybridized carbons (Fsp3) is 0.667. The van der Waals surface area contributed by atoms with E-state index in [-0.39, 0.29) is 0 Å². The van der Waals surface area contributed by atoms with Crippen molar-refractivity contribution in [2.45, 2.75) is 32.3 Å². The first-order valence-electron chi connectivity index (χ1n) is 5.90. The lowest BCUT2D eigenvalue weighted by Crippen LogP contribution is -2.38. The molecule has 1 aliphatic heterocycles. The highest BCUT2D eigenvalue weighted by molar-refractivity contribution is 6.29. The van der Waals surface area contributed by atoms with Crippen LogP contribution in [0.25, 0.3) is 0 Å². The number of aryl methyl sites for hydroxylation is 1. The molecular weight excluding hydrogens is 240 g/mol. The van der Waals surface area contributed by atoms with Crippen molar-refractivity contribution in [1.82, 2.24) is 9.97 Å². The predicted molar refractivity (Wildman–Crippen MR) is 65.1 cm³/mol. The fourth-order valence-electron chi connectivity index (χ4n) is 2.14. The lowest BCUT2D eigenvalue weighted by atomic mass is 9.93. The number of hydrogen-bond acceptors (Lipinski definition) is 4. The van der Waals surface area contributed by atoms with Crippen molar-refractivity contribution in [3.8, 4) is 0 Å². The molecule has 17 heavy (non-hydrogen) atoms. The van der Waals surface area contributed by atoms with Crippen molar-refractivity contribution in [2.24, 2.45) is 0 Å². The van der Waals surface area contributed by atoms with Crippen LogP contribution in [-0.2, 0) is 15.1 Å². The van der Waals surface area contributed by atoms with Crippen molar-refractivity contribution in [2.75, 3.05) is 19.8 Å². The van der Waals surface area contributed by atoms with E-state index in [1.165, 1.54) is 0 Å². The van der Waals surface area contributed by atoms with Gasteiger partial charge >= 0.3 is 0 Å². The molecule has 2 rings (SSSR count). The minimum absolute atomic E-state index is 0.428. The van der Waals surface area contributed by atoms with E-state index in [0.717, 1.165) is 18.5 Å². The summed E-state index contributed by atoms with van der Waals surface area (Å²) in [6, 6.07) is 1.75. The Hall–Kier alpha value is -0.710. The van der Waals surface area contributed by atoms with Crippen LogP contribution < -0.4 is 0 Å². The molecule has 94 valence electrons. The third-order valence-electron chi connectivity index (χ3n) is 2.95. The summed E-state index contributed by atoms with van der Waals surface area (Å²) in [6.45, 7) is 5.88. The quantitative estimate of drug-likeness (QED) is 0.780. The monoisotopic (exact) mass is 256 g/mol. The highest BCUT2D eigenvalue weighted by Gasteiger charge is 2.38. The number of nitrogens with zero attached hydrogens (tertiary/aromatic N) is 2. The maximum absolute atomic E-state index is 5.99. The Balaban J connectivity index is 2.37. The van der Waals surface area contributed by atoms with Crippen LogP contribution in [-0.4, -0.2) is 29.8 Å². The van der Waals surface area contributed by atoms with Crippen molar-refractivity contribution in [3.05, 3.63) is 22.7 Å². The Bertz CT molecular complexity index is 366. The topological polar surface area (TPSA) is 44.2 Å². The van der Waals surface area contributed by atoms with E-state index in [1.54, 1.807) is 6.07 Å². The summed E-state index contributed by atoms with van der Waals surface area (Å²) in [5, 5.41) is 0.470. The summed E-state index contributed by atoms with van der Waals surface area (Å²) in [7, 11) is 0. The van der Waals surface area contributed by atoms with Gasteiger partial charge in [-0.2, -0.15) is 0 Å². The van der Waals surface area contributed by atoms with E-state index < -0.39 is 5.60 Å². The van der Waals surface area contributed by atoms with Gasteiger partial charge in [0.05, 0.1) is 0 Å². The number of halogens is 1. The molecule has 1 aromatic rings. The summed E-state index contributed by atoms with van der Waals surface area (Å²) in [5.41, 5.74) is 0.438. The Morgan fingerprint density at radius 2 is 2.12 bits per heavy atom. The number of hydrogen-bond donors (Lipinski definition) is 0. The fourth-order valence-corrected chi connectivity index (χ4v) is 2.38. The standard InChI is InChI=1S/C12H17ClN2O2/c1-3-17-12(4-6-16-7-5-12)11-14-9(2)8-10(13)15-11/h8H,3-7H2,1-2H3. The zero-order valence-electron chi connectivity index (χ0n) is 10.2. The van der Waals surface area contributed by atoms with Crippen molar-refractivity contribution in [1.29, 1.82) is 0 Å². The second-order valence-electron chi connectivity index (χ2n) is 4.20. The molecule has 4 nitrogen and oxygen atoms in total. The molecule has 1 fully saturated rings. The first-order chi connectivity index (χ1) is 8.16. The zero-order chi connectivity index (χ0) is 12.3. The molecule has 0 saturated carbocycles. The Morgan fingerprint density at radius 1 is 1.41 bits per heavy atom. The summed E-state index contributed by atoms with van der Waals surface area (Å²) in [6.07, 6.45) is 1.56. The van der Waals surface area contributed by atoms with Gasteiger partial charge in [-0.25, -0.2) is 9.97 Å². The minimum atomic E-state index is -0.428. The highest BCUT2D eigenvalue weighted by atomic mass is 35.5. The predicted octanol–water partition coefficient (Wildman–Crippen LogP) is 2.48. The molecule has 5 heteroatoms. The van der Waals surface area contributed by atoms with Gasteiger partial charge in [-0.1, -0.05) is 11.6 Å². The van der Waals surface area contributed by atoms with Gasteiger partial charge in [0.1, 0.15) is 10.8 Å². The van der Waals surface area contributed by atoms with E-state index >= 15 is 0 Å². The normalized spacial score (nSPS) is 19.2. The van der Waals surface area contributed by atoms with Gasteiger partial charge in [-0.05, 0) is 19.9 Å². The Labute approximate surface area is 106 Å². The van der Waals surface area contributed by atoms with E-state index in [0.29, 0.717) is 30.8 Å². The SMILES string of the molecule is CCOC1(c2nc(C)cc(Cl)n2)CCOCC1. The van der Waals surface area contributed by atoms with Crippen LogP contribution in [0.4, 0.5) is 0 Å². The van der Waals surface area contributed by atoms with Gasteiger partial charge in [0.25, 0.3) is 0 Å². The van der Waals surface area contributed by atoms with E-state index in [4.69, 9.17) is 21.1 Å². The van der Waals surface area contributed by atoms with Crippen molar-refractivity contribution < 1.29 is 9.47 Å². The average Bonchev–Trinajstić information content (AvgIpc) is 2.29. The van der Waals surface area contributed by atoms with Gasteiger partial charge in [0.2, 0.25) is 0 Å². The van der Waals surface area contributed by atoms with Gasteiger partial charge in [-0.15, -0.1) is 0 Å². The van der Waals surface area contributed by atoms with E-state index in [9.17, 15) is 0 Å². The molecule has 0 radical (unpaired) electrons. The summed E-state index contributed by atoms with van der Waals surface area (Å²) >= 11 is 5.99. The first-order valence-corrected chi connectivity index (χ1v) is 6.27. The molecule has 2 heterocycles. The van der Waals surface area contributed by atoms with Crippen LogP contribution in [0.5, 0.6) is 0 Å². The van der Waals surface area contributed by atoms with Gasteiger partial charge in [0, 0.05) is 38.4 Å². The van der Waals surface area contributed by atoms with E-state index in [2.05, 4.69) is 9.97 Å². The van der Waals surface area contributed by atoms with Crippen LogP contribution in [0.15, 0.2) is 6.07 Å². The lowest BCUT2D eigenvalue weighted by molar-refractivity contribution is -0.117. The molecule has 0 bridgehead atoms. The molecule has 0 atom stereocenters. The molecule has 0 aromatic carbocycles. The second-order valence-corrected chi connectivity index (χ2v) is 4.58. The van der Waals surface area contributed by atoms with Crippen LogP contribution in [0.2, 0.25) is 5.15 Å². The molecule has 1 aromatic heterocycles.